The molecular formula is C20H31N5O4. The van der Waals surface area contributed by atoms with Gasteiger partial charge in [-0.15, -0.1) is 0 Å². The first-order valence-electron chi connectivity index (χ1n) is 10.4. The normalized spacial score (nSPS) is 20.8. The van der Waals surface area contributed by atoms with Crippen LogP contribution in [0, 0.1) is 5.92 Å². The highest BCUT2D eigenvalue weighted by Gasteiger charge is 2.49. The second-order valence-electron chi connectivity index (χ2n) is 8.34. The van der Waals surface area contributed by atoms with Crippen LogP contribution in [0.2, 0.25) is 0 Å². The van der Waals surface area contributed by atoms with Crippen LogP contribution in [-0.4, -0.2) is 50.3 Å². The lowest BCUT2D eigenvalue weighted by Gasteiger charge is -2.46. The first-order valence-corrected chi connectivity index (χ1v) is 10.4. The van der Waals surface area contributed by atoms with Gasteiger partial charge in [-0.25, -0.2) is 0 Å². The largest absolute Gasteiger partial charge is 0.381 e. The minimum Gasteiger partial charge on any atom is -0.381 e. The number of hydrogen-bond donors (Lipinski definition) is 4. The lowest BCUT2D eigenvalue weighted by Crippen LogP contribution is -2.67. The Morgan fingerprint density at radius 3 is 2.38 bits per heavy atom. The van der Waals surface area contributed by atoms with Crippen LogP contribution >= 0.6 is 0 Å². The van der Waals surface area contributed by atoms with Crippen LogP contribution in [0.15, 0.2) is 12.3 Å². The van der Waals surface area contributed by atoms with Crippen molar-refractivity contribution in [2.24, 2.45) is 13.0 Å². The number of anilines is 1. The summed E-state index contributed by atoms with van der Waals surface area (Å²) in [6.07, 6.45) is 7.09. The van der Waals surface area contributed by atoms with Crippen molar-refractivity contribution < 1.29 is 19.5 Å². The maximum Gasteiger partial charge on any atom is 0.256 e. The fourth-order valence-corrected chi connectivity index (χ4v) is 4.36. The Balaban J connectivity index is 1.69. The standard InChI is InChI=1S/C20H31N5O4/c1-13(26)21-16(14-7-4-3-5-8-14)18(28)23-20(10-6-11-20)17(27)19(29)22-15-9-12-25(2)24-15/h9,12,14,16-17,27H,3-8,10-11H2,1-2H3,(H,21,26)(H,23,28)(H,22,24,29)/t16-,17?/m0/s1. The highest BCUT2D eigenvalue weighted by Crippen LogP contribution is 2.36. The van der Waals surface area contributed by atoms with Gasteiger partial charge in [0.1, 0.15) is 6.04 Å². The van der Waals surface area contributed by atoms with Gasteiger partial charge in [0, 0.05) is 26.2 Å². The van der Waals surface area contributed by atoms with E-state index >= 15 is 0 Å². The van der Waals surface area contributed by atoms with E-state index in [-0.39, 0.29) is 17.7 Å². The Labute approximate surface area is 170 Å². The second-order valence-corrected chi connectivity index (χ2v) is 8.34. The molecule has 3 amide bonds. The number of aliphatic hydroxyl groups excluding tert-OH is 1. The average Bonchev–Trinajstić information content (AvgIpc) is 3.07. The zero-order valence-electron chi connectivity index (χ0n) is 17.1. The summed E-state index contributed by atoms with van der Waals surface area (Å²) in [7, 11) is 1.73. The van der Waals surface area contributed by atoms with Crippen molar-refractivity contribution in [2.45, 2.75) is 76.0 Å². The van der Waals surface area contributed by atoms with E-state index in [1.165, 1.54) is 6.92 Å². The molecule has 2 aliphatic rings. The minimum atomic E-state index is -1.40. The zero-order chi connectivity index (χ0) is 21.0. The summed E-state index contributed by atoms with van der Waals surface area (Å²) in [4.78, 5) is 37.3. The van der Waals surface area contributed by atoms with E-state index in [9.17, 15) is 19.5 Å². The molecule has 0 aliphatic heterocycles. The molecule has 160 valence electrons. The van der Waals surface area contributed by atoms with Gasteiger partial charge in [-0.2, -0.15) is 5.10 Å². The van der Waals surface area contributed by atoms with Crippen LogP contribution in [0.5, 0.6) is 0 Å². The molecule has 1 unspecified atom stereocenters. The Hall–Kier alpha value is -2.42. The van der Waals surface area contributed by atoms with Crippen LogP contribution in [0.4, 0.5) is 5.82 Å². The van der Waals surface area contributed by atoms with E-state index in [2.05, 4.69) is 21.0 Å². The summed E-state index contributed by atoms with van der Waals surface area (Å²) in [5, 5.41) is 23.1. The Morgan fingerprint density at radius 1 is 1.17 bits per heavy atom. The molecule has 9 heteroatoms. The molecule has 2 fully saturated rings. The van der Waals surface area contributed by atoms with Crippen LogP contribution in [0.25, 0.3) is 0 Å². The van der Waals surface area contributed by atoms with E-state index in [0.717, 1.165) is 38.5 Å². The number of nitrogens with zero attached hydrogens (tertiary/aromatic N) is 2. The molecule has 0 radical (unpaired) electrons. The van der Waals surface area contributed by atoms with E-state index < -0.39 is 23.6 Å². The maximum absolute atomic E-state index is 13.1. The molecule has 1 aromatic heterocycles. The lowest BCUT2D eigenvalue weighted by atomic mass is 9.71. The number of aliphatic hydroxyl groups is 1. The first kappa shape index (κ1) is 21.3. The Morgan fingerprint density at radius 2 is 1.86 bits per heavy atom. The third-order valence-corrected chi connectivity index (χ3v) is 6.12. The molecule has 2 saturated carbocycles. The average molecular weight is 405 g/mol. The SMILES string of the molecule is CC(=O)N[C@H](C(=O)NC1(C(O)C(=O)Nc2ccn(C)n2)CCC1)C1CCCCC1. The molecule has 0 bridgehead atoms. The summed E-state index contributed by atoms with van der Waals surface area (Å²) in [5.41, 5.74) is -1.01. The molecule has 4 N–H and O–H groups in total. The van der Waals surface area contributed by atoms with Gasteiger partial charge in [0.05, 0.1) is 5.54 Å². The third-order valence-electron chi connectivity index (χ3n) is 6.12. The molecule has 9 nitrogen and oxygen atoms in total. The molecular weight excluding hydrogens is 374 g/mol. The monoisotopic (exact) mass is 405 g/mol. The molecule has 1 heterocycles. The number of rotatable bonds is 7. The van der Waals surface area contributed by atoms with Gasteiger partial charge in [0.25, 0.3) is 5.91 Å². The van der Waals surface area contributed by atoms with Gasteiger partial charge in [-0.1, -0.05) is 19.3 Å². The van der Waals surface area contributed by atoms with E-state index in [1.807, 2.05) is 0 Å². The molecule has 0 saturated heterocycles. The highest BCUT2D eigenvalue weighted by atomic mass is 16.3. The van der Waals surface area contributed by atoms with Gasteiger partial charge < -0.3 is 21.1 Å². The number of aromatic nitrogens is 2. The van der Waals surface area contributed by atoms with E-state index in [4.69, 9.17) is 0 Å². The maximum atomic E-state index is 13.1. The minimum absolute atomic E-state index is 0.0734. The van der Waals surface area contributed by atoms with Crippen LogP contribution in [0.1, 0.15) is 58.3 Å². The van der Waals surface area contributed by atoms with Crippen LogP contribution in [0.3, 0.4) is 0 Å². The van der Waals surface area contributed by atoms with Crippen molar-refractivity contribution in [3.8, 4) is 0 Å². The Bertz CT molecular complexity index is 752. The van der Waals surface area contributed by atoms with Gasteiger partial charge in [0.15, 0.2) is 11.9 Å². The number of aryl methyl sites for hydroxylation is 1. The second kappa shape index (κ2) is 8.94. The number of hydrogen-bond acceptors (Lipinski definition) is 5. The summed E-state index contributed by atoms with van der Waals surface area (Å²) in [6.45, 7) is 1.40. The van der Waals surface area contributed by atoms with E-state index in [1.54, 1.807) is 24.0 Å². The van der Waals surface area contributed by atoms with Crippen molar-refractivity contribution in [3.05, 3.63) is 12.3 Å². The third kappa shape index (κ3) is 4.95. The fourth-order valence-electron chi connectivity index (χ4n) is 4.36. The van der Waals surface area contributed by atoms with Gasteiger partial charge in [-0.05, 0) is 38.0 Å². The molecule has 1 aromatic rings. The fraction of sp³-hybridized carbons (Fsp3) is 0.700. The van der Waals surface area contributed by atoms with Crippen molar-refractivity contribution >= 4 is 23.5 Å². The topological polar surface area (TPSA) is 125 Å². The quantitative estimate of drug-likeness (QED) is 0.535. The van der Waals surface area contributed by atoms with Crippen molar-refractivity contribution in [3.63, 3.8) is 0 Å². The smallest absolute Gasteiger partial charge is 0.256 e. The predicted molar refractivity (Wildman–Crippen MR) is 107 cm³/mol. The number of carbonyl (C=O) groups is 3. The summed E-state index contributed by atoms with van der Waals surface area (Å²) >= 11 is 0. The van der Waals surface area contributed by atoms with Crippen LogP contribution < -0.4 is 16.0 Å². The predicted octanol–water partition coefficient (Wildman–Crippen LogP) is 0.843. The molecule has 3 rings (SSSR count). The number of carbonyl (C=O) groups excluding carboxylic acids is 3. The lowest BCUT2D eigenvalue weighted by molar-refractivity contribution is -0.139. The first-order chi connectivity index (χ1) is 13.8. The van der Waals surface area contributed by atoms with Crippen molar-refractivity contribution in [1.29, 1.82) is 0 Å². The molecule has 0 aromatic carbocycles. The van der Waals surface area contributed by atoms with Gasteiger partial charge >= 0.3 is 0 Å². The molecule has 0 spiro atoms. The summed E-state index contributed by atoms with van der Waals surface area (Å²) in [5.74, 6) is -0.763. The van der Waals surface area contributed by atoms with Gasteiger partial charge in [-0.3, -0.25) is 19.1 Å². The Kier molecular flexibility index (Phi) is 6.56. The molecule has 29 heavy (non-hydrogen) atoms. The molecule has 2 atom stereocenters. The number of nitrogens with one attached hydrogen (secondary N) is 3. The summed E-state index contributed by atoms with van der Waals surface area (Å²) in [6, 6.07) is 0.989. The van der Waals surface area contributed by atoms with Gasteiger partial charge in [0.2, 0.25) is 11.8 Å². The zero-order valence-corrected chi connectivity index (χ0v) is 17.1. The molecule has 2 aliphatic carbocycles. The van der Waals surface area contributed by atoms with Crippen LogP contribution in [-0.2, 0) is 21.4 Å². The van der Waals surface area contributed by atoms with E-state index in [0.29, 0.717) is 18.7 Å². The highest BCUT2D eigenvalue weighted by molar-refractivity contribution is 5.95. The number of amides is 3. The summed E-state index contributed by atoms with van der Waals surface area (Å²) < 4.78 is 1.55. The van der Waals surface area contributed by atoms with Crippen molar-refractivity contribution in [2.75, 3.05) is 5.32 Å². The van der Waals surface area contributed by atoms with Crippen molar-refractivity contribution in [1.82, 2.24) is 20.4 Å².